The molecule has 1 amide bonds. The molecule has 2 aliphatic rings. The van der Waals surface area contributed by atoms with Crippen molar-refractivity contribution in [3.8, 4) is 0 Å². The quantitative estimate of drug-likeness (QED) is 0.676. The van der Waals surface area contributed by atoms with Crippen molar-refractivity contribution in [2.75, 3.05) is 32.8 Å². The highest BCUT2D eigenvalue weighted by atomic mass is 16.5. The molecule has 1 atom stereocenters. The summed E-state index contributed by atoms with van der Waals surface area (Å²) in [6.45, 7) is 8.03. The van der Waals surface area contributed by atoms with E-state index in [2.05, 4.69) is 5.32 Å². The van der Waals surface area contributed by atoms with Crippen molar-refractivity contribution in [2.45, 2.75) is 25.8 Å². The number of hydrogen-bond acceptors (Lipinski definition) is 3. The van der Waals surface area contributed by atoms with E-state index in [0.29, 0.717) is 0 Å². The SMILES string of the molecule is CC(C)C(=O)N1CC[C@@]2(COCCN2)C1. The number of ether oxygens (including phenoxy) is 1. The number of rotatable bonds is 1. The van der Waals surface area contributed by atoms with Crippen LogP contribution in [0.15, 0.2) is 0 Å². The Labute approximate surface area is 91.0 Å². The molecule has 1 spiro atoms. The van der Waals surface area contributed by atoms with Crippen LogP contribution in [0.1, 0.15) is 20.3 Å². The number of amides is 1. The fourth-order valence-electron chi connectivity index (χ4n) is 2.39. The van der Waals surface area contributed by atoms with Crippen molar-refractivity contribution in [3.63, 3.8) is 0 Å². The second kappa shape index (κ2) is 4.10. The molecular weight excluding hydrogens is 192 g/mol. The average Bonchev–Trinajstić information content (AvgIpc) is 2.62. The minimum Gasteiger partial charge on any atom is -0.378 e. The summed E-state index contributed by atoms with van der Waals surface area (Å²) in [6, 6.07) is 0. The van der Waals surface area contributed by atoms with Crippen LogP contribution in [0.5, 0.6) is 0 Å². The van der Waals surface area contributed by atoms with Gasteiger partial charge in [0.2, 0.25) is 5.91 Å². The minimum atomic E-state index is 0.0444. The van der Waals surface area contributed by atoms with E-state index in [0.717, 1.165) is 39.3 Å². The molecule has 1 N–H and O–H groups in total. The van der Waals surface area contributed by atoms with E-state index in [1.807, 2.05) is 18.7 Å². The molecule has 2 heterocycles. The predicted octanol–water partition coefficient (Wildman–Crippen LogP) is 0.233. The molecule has 0 unspecified atom stereocenters. The Kier molecular flexibility index (Phi) is 2.98. The first-order chi connectivity index (χ1) is 7.13. The maximum atomic E-state index is 11.8. The van der Waals surface area contributed by atoms with Crippen LogP contribution in [-0.4, -0.2) is 49.2 Å². The highest BCUT2D eigenvalue weighted by Crippen LogP contribution is 2.24. The summed E-state index contributed by atoms with van der Waals surface area (Å²) >= 11 is 0. The Balaban J connectivity index is 1.96. The number of nitrogens with zero attached hydrogens (tertiary/aromatic N) is 1. The monoisotopic (exact) mass is 212 g/mol. The zero-order valence-electron chi connectivity index (χ0n) is 9.58. The molecule has 2 rings (SSSR count). The van der Waals surface area contributed by atoms with Crippen LogP contribution in [0.4, 0.5) is 0 Å². The molecular formula is C11H20N2O2. The molecule has 2 aliphatic heterocycles. The van der Waals surface area contributed by atoms with Crippen molar-refractivity contribution >= 4 is 5.91 Å². The summed E-state index contributed by atoms with van der Waals surface area (Å²) in [7, 11) is 0. The van der Waals surface area contributed by atoms with E-state index in [4.69, 9.17) is 4.74 Å². The number of carbonyl (C=O) groups excluding carboxylic acids is 1. The average molecular weight is 212 g/mol. The van der Waals surface area contributed by atoms with Crippen LogP contribution >= 0.6 is 0 Å². The molecule has 4 heteroatoms. The molecule has 0 aliphatic carbocycles. The molecule has 0 bridgehead atoms. The van der Waals surface area contributed by atoms with Crippen molar-refractivity contribution in [3.05, 3.63) is 0 Å². The summed E-state index contributed by atoms with van der Waals surface area (Å²) in [6.07, 6.45) is 1.02. The van der Waals surface area contributed by atoms with Crippen LogP contribution < -0.4 is 5.32 Å². The third-order valence-electron chi connectivity index (χ3n) is 3.28. The summed E-state index contributed by atoms with van der Waals surface area (Å²) < 4.78 is 5.50. The summed E-state index contributed by atoms with van der Waals surface area (Å²) in [5.41, 5.74) is 0.0444. The van der Waals surface area contributed by atoms with Crippen molar-refractivity contribution < 1.29 is 9.53 Å². The zero-order chi connectivity index (χ0) is 10.9. The van der Waals surface area contributed by atoms with E-state index in [1.54, 1.807) is 0 Å². The van der Waals surface area contributed by atoms with Gasteiger partial charge in [-0.2, -0.15) is 0 Å². The van der Waals surface area contributed by atoms with Gasteiger partial charge in [-0.3, -0.25) is 4.79 Å². The first kappa shape index (κ1) is 10.9. The van der Waals surface area contributed by atoms with Crippen molar-refractivity contribution in [1.29, 1.82) is 0 Å². The molecule has 0 saturated carbocycles. The van der Waals surface area contributed by atoms with E-state index in [9.17, 15) is 4.79 Å². The van der Waals surface area contributed by atoms with Crippen LogP contribution in [0.2, 0.25) is 0 Å². The fourth-order valence-corrected chi connectivity index (χ4v) is 2.39. The highest BCUT2D eigenvalue weighted by Gasteiger charge is 2.41. The van der Waals surface area contributed by atoms with Crippen LogP contribution in [0.25, 0.3) is 0 Å². The summed E-state index contributed by atoms with van der Waals surface area (Å²) in [5.74, 6) is 0.365. The lowest BCUT2D eigenvalue weighted by molar-refractivity contribution is -0.133. The molecule has 0 radical (unpaired) electrons. The Morgan fingerprint density at radius 3 is 2.93 bits per heavy atom. The summed E-state index contributed by atoms with van der Waals surface area (Å²) in [4.78, 5) is 13.8. The van der Waals surface area contributed by atoms with Crippen LogP contribution in [0.3, 0.4) is 0 Å². The first-order valence-electron chi connectivity index (χ1n) is 5.75. The third-order valence-corrected chi connectivity index (χ3v) is 3.28. The lowest BCUT2D eigenvalue weighted by Gasteiger charge is -2.34. The maximum absolute atomic E-state index is 11.8. The van der Waals surface area contributed by atoms with Gasteiger partial charge in [-0.05, 0) is 6.42 Å². The molecule has 2 saturated heterocycles. The van der Waals surface area contributed by atoms with Gasteiger partial charge in [0.25, 0.3) is 0 Å². The normalized spacial score (nSPS) is 31.5. The molecule has 86 valence electrons. The van der Waals surface area contributed by atoms with Gasteiger partial charge in [0.05, 0.1) is 18.8 Å². The Morgan fingerprint density at radius 2 is 2.33 bits per heavy atom. The molecule has 15 heavy (non-hydrogen) atoms. The standard InChI is InChI=1S/C11H20N2O2/c1-9(2)10(14)13-5-3-11(7-13)8-15-6-4-12-11/h9,12H,3-8H2,1-2H3/t11-/m0/s1. The Hall–Kier alpha value is -0.610. The van der Waals surface area contributed by atoms with Gasteiger partial charge in [0.15, 0.2) is 0 Å². The van der Waals surface area contributed by atoms with E-state index >= 15 is 0 Å². The predicted molar refractivity (Wildman–Crippen MR) is 57.6 cm³/mol. The largest absolute Gasteiger partial charge is 0.378 e. The van der Waals surface area contributed by atoms with E-state index in [-0.39, 0.29) is 17.4 Å². The minimum absolute atomic E-state index is 0.0444. The van der Waals surface area contributed by atoms with Gasteiger partial charge in [0.1, 0.15) is 0 Å². The topological polar surface area (TPSA) is 41.6 Å². The molecule has 0 aromatic heterocycles. The number of carbonyl (C=O) groups is 1. The smallest absolute Gasteiger partial charge is 0.225 e. The van der Waals surface area contributed by atoms with Crippen LogP contribution in [-0.2, 0) is 9.53 Å². The van der Waals surface area contributed by atoms with E-state index < -0.39 is 0 Å². The van der Waals surface area contributed by atoms with Gasteiger partial charge >= 0.3 is 0 Å². The second-order valence-electron chi connectivity index (χ2n) is 4.92. The fraction of sp³-hybridized carbons (Fsp3) is 0.909. The van der Waals surface area contributed by atoms with Gasteiger partial charge in [-0.25, -0.2) is 0 Å². The lowest BCUT2D eigenvalue weighted by atomic mass is 9.99. The van der Waals surface area contributed by atoms with Gasteiger partial charge in [-0.15, -0.1) is 0 Å². The van der Waals surface area contributed by atoms with E-state index in [1.165, 1.54) is 0 Å². The molecule has 2 fully saturated rings. The molecule has 0 aromatic carbocycles. The number of likely N-dealkylation sites (tertiary alicyclic amines) is 1. The van der Waals surface area contributed by atoms with Gasteiger partial charge in [0, 0.05) is 25.6 Å². The van der Waals surface area contributed by atoms with Crippen LogP contribution in [0, 0.1) is 5.92 Å². The zero-order valence-corrected chi connectivity index (χ0v) is 9.58. The van der Waals surface area contributed by atoms with Gasteiger partial charge in [-0.1, -0.05) is 13.8 Å². The number of morpholine rings is 1. The lowest BCUT2D eigenvalue weighted by Crippen LogP contribution is -2.56. The van der Waals surface area contributed by atoms with Crippen molar-refractivity contribution in [1.82, 2.24) is 10.2 Å². The van der Waals surface area contributed by atoms with Gasteiger partial charge < -0.3 is 15.0 Å². The number of hydrogen-bond donors (Lipinski definition) is 1. The van der Waals surface area contributed by atoms with Crippen molar-refractivity contribution in [2.24, 2.45) is 5.92 Å². The number of nitrogens with one attached hydrogen (secondary N) is 1. The molecule has 4 nitrogen and oxygen atoms in total. The first-order valence-corrected chi connectivity index (χ1v) is 5.75. The molecule has 0 aromatic rings. The Bertz CT molecular complexity index is 247. The summed E-state index contributed by atoms with van der Waals surface area (Å²) in [5, 5.41) is 3.50. The maximum Gasteiger partial charge on any atom is 0.225 e. The third kappa shape index (κ3) is 2.16. The Morgan fingerprint density at radius 1 is 1.53 bits per heavy atom. The highest BCUT2D eigenvalue weighted by molar-refractivity contribution is 5.78. The second-order valence-corrected chi connectivity index (χ2v) is 4.92.